The first-order valence-corrected chi connectivity index (χ1v) is 3.84. The van der Waals surface area contributed by atoms with Crippen LogP contribution in [0.5, 0.6) is 0 Å². The minimum absolute atomic E-state index is 0.0120. The van der Waals surface area contributed by atoms with Gasteiger partial charge >= 0.3 is 5.97 Å². The quantitative estimate of drug-likeness (QED) is 0.740. The van der Waals surface area contributed by atoms with Crippen molar-refractivity contribution < 1.29 is 14.4 Å². The number of allylic oxidation sites excluding steroid dienone is 4. The first-order valence-electron chi connectivity index (χ1n) is 3.84. The molecule has 1 heterocycles. The Morgan fingerprint density at radius 1 is 1.57 bits per heavy atom. The van der Waals surface area contributed by atoms with Crippen LogP contribution in [0.15, 0.2) is 42.2 Å². The summed E-state index contributed by atoms with van der Waals surface area (Å²) < 4.78 is 4.58. The molecule has 0 aromatic carbocycles. The Balaban J connectivity index is 3.23. The Hall–Kier alpha value is -2.10. The van der Waals surface area contributed by atoms with Gasteiger partial charge in [-0.2, -0.15) is 0 Å². The van der Waals surface area contributed by atoms with Crippen LogP contribution in [0.3, 0.4) is 0 Å². The molecule has 0 aliphatic rings. The van der Waals surface area contributed by atoms with Gasteiger partial charge in [-0.15, -0.1) is 0 Å². The summed E-state index contributed by atoms with van der Waals surface area (Å²) in [6.45, 7) is 7.05. The molecule has 0 spiro atoms. The summed E-state index contributed by atoms with van der Waals surface area (Å²) in [5.41, 5.74) is 0.830. The number of hydrogen-bond donors (Lipinski definition) is 1. The summed E-state index contributed by atoms with van der Waals surface area (Å²) in [5.74, 6) is -1.09. The lowest BCUT2D eigenvalue weighted by molar-refractivity contribution is 0.0696. The number of carboxylic acid groups (broad SMARTS) is 1. The van der Waals surface area contributed by atoms with Gasteiger partial charge in [0.2, 0.25) is 0 Å². The molecule has 14 heavy (non-hydrogen) atoms. The molecule has 4 nitrogen and oxygen atoms in total. The topological polar surface area (TPSA) is 63.3 Å². The summed E-state index contributed by atoms with van der Waals surface area (Å²) >= 11 is 0. The summed E-state index contributed by atoms with van der Waals surface area (Å²) in [7, 11) is 0. The normalized spacial score (nSPS) is 11.0. The van der Waals surface area contributed by atoms with Crippen molar-refractivity contribution >= 4 is 11.5 Å². The van der Waals surface area contributed by atoms with Gasteiger partial charge in [-0.1, -0.05) is 36.5 Å². The standard InChI is InChI=1S/C10H9NO3/c1-3-5-7(4-2)9-8(10(12)13)6-14-11-9/h3-6H,1-2H2,(H,12,13)/b7-5+. The van der Waals surface area contributed by atoms with Crippen molar-refractivity contribution in [1.29, 1.82) is 0 Å². The molecule has 0 bridgehead atoms. The zero-order chi connectivity index (χ0) is 10.6. The maximum Gasteiger partial charge on any atom is 0.341 e. The maximum atomic E-state index is 10.7. The predicted octanol–water partition coefficient (Wildman–Crippen LogP) is 2.13. The lowest BCUT2D eigenvalue weighted by atomic mass is 10.1. The highest BCUT2D eigenvalue weighted by atomic mass is 16.5. The molecule has 0 saturated heterocycles. The highest BCUT2D eigenvalue weighted by Gasteiger charge is 2.16. The highest BCUT2D eigenvalue weighted by molar-refractivity contribution is 5.94. The fourth-order valence-corrected chi connectivity index (χ4v) is 0.967. The SMILES string of the molecule is C=C/C=C(\C=C)c1nocc1C(=O)O. The van der Waals surface area contributed by atoms with E-state index in [4.69, 9.17) is 5.11 Å². The number of rotatable bonds is 4. The van der Waals surface area contributed by atoms with Crippen molar-refractivity contribution in [3.63, 3.8) is 0 Å². The molecule has 0 fully saturated rings. The predicted molar refractivity (Wildman–Crippen MR) is 51.8 cm³/mol. The molecular weight excluding hydrogens is 182 g/mol. The number of carbonyl (C=O) groups is 1. The average molecular weight is 191 g/mol. The van der Waals surface area contributed by atoms with Gasteiger partial charge in [-0.25, -0.2) is 4.79 Å². The van der Waals surface area contributed by atoms with Gasteiger partial charge in [-0.05, 0) is 0 Å². The van der Waals surface area contributed by atoms with Crippen LogP contribution in [-0.4, -0.2) is 16.2 Å². The average Bonchev–Trinajstić information content (AvgIpc) is 2.62. The molecular formula is C10H9NO3. The van der Waals surface area contributed by atoms with Crippen LogP contribution in [0, 0.1) is 0 Å². The van der Waals surface area contributed by atoms with Crippen LogP contribution in [-0.2, 0) is 0 Å². The third-order valence-corrected chi connectivity index (χ3v) is 1.59. The molecule has 1 aromatic rings. The van der Waals surface area contributed by atoms with Crippen LogP contribution in [0.2, 0.25) is 0 Å². The monoisotopic (exact) mass is 191 g/mol. The molecule has 4 heteroatoms. The fraction of sp³-hybridized carbons (Fsp3) is 0. The third-order valence-electron chi connectivity index (χ3n) is 1.59. The van der Waals surface area contributed by atoms with Gasteiger partial charge in [0.1, 0.15) is 17.5 Å². The van der Waals surface area contributed by atoms with E-state index in [-0.39, 0.29) is 11.3 Å². The van der Waals surface area contributed by atoms with E-state index in [1.165, 1.54) is 12.2 Å². The van der Waals surface area contributed by atoms with E-state index in [0.717, 1.165) is 6.26 Å². The van der Waals surface area contributed by atoms with Crippen LogP contribution in [0.25, 0.3) is 5.57 Å². The van der Waals surface area contributed by atoms with Crippen molar-refractivity contribution in [3.8, 4) is 0 Å². The molecule has 72 valence electrons. The van der Waals surface area contributed by atoms with E-state index < -0.39 is 5.97 Å². The molecule has 1 rings (SSSR count). The summed E-state index contributed by atoms with van der Waals surface area (Å²) in [5, 5.41) is 12.4. The minimum Gasteiger partial charge on any atom is -0.477 e. The van der Waals surface area contributed by atoms with Crippen LogP contribution < -0.4 is 0 Å². The molecule has 0 aliphatic heterocycles. The van der Waals surface area contributed by atoms with Crippen molar-refractivity contribution in [2.24, 2.45) is 0 Å². The molecule has 1 N–H and O–H groups in total. The van der Waals surface area contributed by atoms with E-state index >= 15 is 0 Å². The van der Waals surface area contributed by atoms with Gasteiger partial charge in [0.05, 0.1) is 0 Å². The van der Waals surface area contributed by atoms with Gasteiger partial charge in [0, 0.05) is 5.57 Å². The lowest BCUT2D eigenvalue weighted by Gasteiger charge is -1.95. The Morgan fingerprint density at radius 3 is 2.79 bits per heavy atom. The molecule has 0 amide bonds. The molecule has 0 aliphatic carbocycles. The molecule has 0 saturated carbocycles. The van der Waals surface area contributed by atoms with Crippen molar-refractivity contribution in [2.75, 3.05) is 0 Å². The smallest absolute Gasteiger partial charge is 0.341 e. The zero-order valence-electron chi connectivity index (χ0n) is 7.43. The van der Waals surface area contributed by atoms with Crippen molar-refractivity contribution in [1.82, 2.24) is 5.16 Å². The van der Waals surface area contributed by atoms with E-state index in [2.05, 4.69) is 22.8 Å². The Labute approximate surface area is 80.8 Å². The van der Waals surface area contributed by atoms with Crippen LogP contribution in [0.1, 0.15) is 16.1 Å². The zero-order valence-corrected chi connectivity index (χ0v) is 7.43. The van der Waals surface area contributed by atoms with Crippen LogP contribution in [0.4, 0.5) is 0 Å². The number of hydrogen-bond acceptors (Lipinski definition) is 3. The van der Waals surface area contributed by atoms with Gasteiger partial charge in [-0.3, -0.25) is 0 Å². The summed E-state index contributed by atoms with van der Waals surface area (Å²) in [6.07, 6.45) is 5.71. The summed E-state index contributed by atoms with van der Waals surface area (Å²) in [6, 6.07) is 0. The molecule has 1 aromatic heterocycles. The van der Waals surface area contributed by atoms with E-state index in [9.17, 15) is 4.79 Å². The second-order valence-corrected chi connectivity index (χ2v) is 2.44. The number of carboxylic acids is 1. The second kappa shape index (κ2) is 4.23. The highest BCUT2D eigenvalue weighted by Crippen LogP contribution is 2.18. The minimum atomic E-state index is -1.09. The van der Waals surface area contributed by atoms with E-state index in [1.807, 2.05) is 0 Å². The molecule has 0 unspecified atom stereocenters. The lowest BCUT2D eigenvalue weighted by Crippen LogP contribution is -1.98. The van der Waals surface area contributed by atoms with E-state index in [1.54, 1.807) is 6.08 Å². The van der Waals surface area contributed by atoms with Crippen LogP contribution >= 0.6 is 0 Å². The molecule has 0 atom stereocenters. The first kappa shape index (κ1) is 9.98. The van der Waals surface area contributed by atoms with E-state index in [0.29, 0.717) is 5.57 Å². The maximum absolute atomic E-state index is 10.7. The fourth-order valence-electron chi connectivity index (χ4n) is 0.967. The van der Waals surface area contributed by atoms with Crippen molar-refractivity contribution in [2.45, 2.75) is 0 Å². The molecule has 0 radical (unpaired) electrons. The van der Waals surface area contributed by atoms with Crippen molar-refractivity contribution in [3.05, 3.63) is 48.9 Å². The largest absolute Gasteiger partial charge is 0.477 e. The first-order chi connectivity index (χ1) is 6.70. The van der Waals surface area contributed by atoms with Gasteiger partial charge in [0.15, 0.2) is 0 Å². The van der Waals surface area contributed by atoms with Gasteiger partial charge < -0.3 is 9.63 Å². The Bertz CT molecular complexity index is 401. The van der Waals surface area contributed by atoms with Gasteiger partial charge in [0.25, 0.3) is 0 Å². The Morgan fingerprint density at radius 2 is 2.29 bits per heavy atom. The number of nitrogens with zero attached hydrogens (tertiary/aromatic N) is 1. The number of aromatic nitrogens is 1. The third kappa shape index (κ3) is 1.80. The summed E-state index contributed by atoms with van der Waals surface area (Å²) in [4.78, 5) is 10.7. The second-order valence-electron chi connectivity index (χ2n) is 2.44. The number of aromatic carboxylic acids is 1. The Kier molecular flexibility index (Phi) is 3.01.